The second-order valence-corrected chi connectivity index (χ2v) is 4.22. The van der Waals surface area contributed by atoms with Gasteiger partial charge in [0.2, 0.25) is 0 Å². The lowest BCUT2D eigenvalue weighted by Gasteiger charge is -2.23. The molecule has 14 heavy (non-hydrogen) atoms. The molecule has 0 aromatic heterocycles. The molecule has 0 N–H and O–H groups in total. The lowest BCUT2D eigenvalue weighted by atomic mass is 9.80. The normalized spacial score (nSPS) is 34.6. The smallest absolute Gasteiger partial charge is 0.316 e. The largest absolute Gasteiger partial charge is 0.462 e. The van der Waals surface area contributed by atoms with Gasteiger partial charge in [0, 0.05) is 6.42 Å². The van der Waals surface area contributed by atoms with Gasteiger partial charge in [-0.1, -0.05) is 30.3 Å². The number of hydrogen-bond donors (Lipinski definition) is 0. The molecular formula is C12H12O2. The van der Waals surface area contributed by atoms with Crippen LogP contribution in [0.3, 0.4) is 0 Å². The molecule has 3 rings (SSSR count). The average Bonchev–Trinajstić information content (AvgIpc) is 2.77. The van der Waals surface area contributed by atoms with E-state index in [0.29, 0.717) is 0 Å². The highest BCUT2D eigenvalue weighted by atomic mass is 16.6. The summed E-state index contributed by atoms with van der Waals surface area (Å²) >= 11 is 0. The van der Waals surface area contributed by atoms with E-state index in [0.717, 1.165) is 24.8 Å². The fourth-order valence-corrected chi connectivity index (χ4v) is 2.69. The Labute approximate surface area is 82.9 Å². The van der Waals surface area contributed by atoms with Gasteiger partial charge in [0.1, 0.15) is 6.10 Å². The van der Waals surface area contributed by atoms with Crippen molar-refractivity contribution < 1.29 is 9.53 Å². The van der Waals surface area contributed by atoms with E-state index in [1.807, 2.05) is 30.3 Å². The zero-order valence-electron chi connectivity index (χ0n) is 7.90. The predicted octanol–water partition coefficient (Wildman–Crippen LogP) is 2.03. The van der Waals surface area contributed by atoms with Crippen LogP contribution in [0.5, 0.6) is 0 Å². The third kappa shape index (κ3) is 0.884. The van der Waals surface area contributed by atoms with Crippen molar-refractivity contribution in [2.75, 3.05) is 0 Å². The Kier molecular flexibility index (Phi) is 1.49. The zero-order chi connectivity index (χ0) is 9.60. The molecule has 1 saturated heterocycles. The lowest BCUT2D eigenvalue weighted by Crippen LogP contribution is -2.31. The molecule has 1 saturated carbocycles. The number of fused-ring (bicyclic) bond motifs is 2. The molecule has 2 bridgehead atoms. The highest BCUT2D eigenvalue weighted by Gasteiger charge is 2.55. The minimum Gasteiger partial charge on any atom is -0.462 e. The molecule has 2 nitrogen and oxygen atoms in total. The van der Waals surface area contributed by atoms with Gasteiger partial charge >= 0.3 is 5.97 Å². The van der Waals surface area contributed by atoms with Crippen molar-refractivity contribution >= 4 is 5.97 Å². The Hall–Kier alpha value is -1.31. The molecule has 1 heterocycles. The van der Waals surface area contributed by atoms with E-state index in [-0.39, 0.29) is 17.5 Å². The van der Waals surface area contributed by atoms with Gasteiger partial charge in [0.15, 0.2) is 0 Å². The average molecular weight is 188 g/mol. The quantitative estimate of drug-likeness (QED) is 0.630. The SMILES string of the molecule is O=C1O[C@@H]2CC[C@]1(c1ccccc1)C2. The fourth-order valence-electron chi connectivity index (χ4n) is 2.69. The summed E-state index contributed by atoms with van der Waals surface area (Å²) in [5, 5.41) is 0. The van der Waals surface area contributed by atoms with Crippen LogP contribution in [0.25, 0.3) is 0 Å². The Morgan fingerprint density at radius 3 is 2.64 bits per heavy atom. The van der Waals surface area contributed by atoms with E-state index in [2.05, 4.69) is 0 Å². The maximum absolute atomic E-state index is 11.7. The van der Waals surface area contributed by atoms with Crippen molar-refractivity contribution in [2.45, 2.75) is 30.8 Å². The minimum atomic E-state index is -0.300. The van der Waals surface area contributed by atoms with Crippen LogP contribution in [0, 0.1) is 0 Å². The van der Waals surface area contributed by atoms with Gasteiger partial charge in [-0.2, -0.15) is 0 Å². The zero-order valence-corrected chi connectivity index (χ0v) is 7.90. The van der Waals surface area contributed by atoms with Crippen LogP contribution in [-0.4, -0.2) is 12.1 Å². The van der Waals surface area contributed by atoms with Crippen LogP contribution in [0.15, 0.2) is 30.3 Å². The molecule has 0 spiro atoms. The number of ether oxygens (including phenoxy) is 1. The van der Waals surface area contributed by atoms with Crippen molar-refractivity contribution in [2.24, 2.45) is 0 Å². The molecule has 0 unspecified atom stereocenters. The van der Waals surface area contributed by atoms with E-state index in [1.165, 1.54) is 0 Å². The minimum absolute atomic E-state index is 0.0139. The summed E-state index contributed by atoms with van der Waals surface area (Å²) in [7, 11) is 0. The van der Waals surface area contributed by atoms with Gasteiger partial charge < -0.3 is 4.74 Å². The van der Waals surface area contributed by atoms with Gasteiger partial charge in [-0.3, -0.25) is 4.79 Å². The first-order valence-electron chi connectivity index (χ1n) is 5.08. The fraction of sp³-hybridized carbons (Fsp3) is 0.417. The molecule has 1 aliphatic heterocycles. The molecule has 1 aliphatic carbocycles. The Morgan fingerprint density at radius 1 is 1.29 bits per heavy atom. The summed E-state index contributed by atoms with van der Waals surface area (Å²) < 4.78 is 5.28. The maximum Gasteiger partial charge on any atom is 0.316 e. The molecule has 2 atom stereocenters. The highest BCUT2D eigenvalue weighted by Crippen LogP contribution is 2.48. The monoisotopic (exact) mass is 188 g/mol. The van der Waals surface area contributed by atoms with Crippen LogP contribution in [0.2, 0.25) is 0 Å². The predicted molar refractivity (Wildman–Crippen MR) is 51.9 cm³/mol. The Bertz CT molecular complexity index is 371. The number of esters is 1. The van der Waals surface area contributed by atoms with E-state index < -0.39 is 0 Å². The van der Waals surface area contributed by atoms with Gasteiger partial charge in [0.25, 0.3) is 0 Å². The standard InChI is InChI=1S/C12H12O2/c13-11-12(7-6-10(8-12)14-11)9-4-2-1-3-5-9/h1-5,10H,6-8H2/t10-,12-/m1/s1. The van der Waals surface area contributed by atoms with E-state index in [4.69, 9.17) is 4.74 Å². The third-order valence-corrected chi connectivity index (χ3v) is 3.46. The first-order chi connectivity index (χ1) is 6.81. The van der Waals surface area contributed by atoms with Crippen molar-refractivity contribution in [3.05, 3.63) is 35.9 Å². The van der Waals surface area contributed by atoms with Crippen LogP contribution in [0.4, 0.5) is 0 Å². The Morgan fingerprint density at radius 2 is 2.07 bits per heavy atom. The third-order valence-electron chi connectivity index (χ3n) is 3.46. The lowest BCUT2D eigenvalue weighted by molar-refractivity contribution is -0.149. The van der Waals surface area contributed by atoms with E-state index in [1.54, 1.807) is 0 Å². The van der Waals surface area contributed by atoms with Gasteiger partial charge in [0.05, 0.1) is 5.41 Å². The Balaban J connectivity index is 2.08. The molecule has 0 radical (unpaired) electrons. The van der Waals surface area contributed by atoms with Crippen molar-refractivity contribution in [3.8, 4) is 0 Å². The second kappa shape index (κ2) is 2.59. The van der Waals surface area contributed by atoms with Crippen molar-refractivity contribution in [1.29, 1.82) is 0 Å². The number of rotatable bonds is 1. The molecule has 2 heteroatoms. The van der Waals surface area contributed by atoms with Gasteiger partial charge in [-0.25, -0.2) is 0 Å². The maximum atomic E-state index is 11.7. The first kappa shape index (κ1) is 8.04. The molecule has 1 aromatic rings. The van der Waals surface area contributed by atoms with Crippen LogP contribution >= 0.6 is 0 Å². The van der Waals surface area contributed by atoms with Crippen LogP contribution < -0.4 is 0 Å². The summed E-state index contributed by atoms with van der Waals surface area (Å²) in [4.78, 5) is 11.7. The first-order valence-corrected chi connectivity index (χ1v) is 5.08. The molecule has 0 amide bonds. The van der Waals surface area contributed by atoms with Gasteiger partial charge in [-0.15, -0.1) is 0 Å². The molecule has 2 fully saturated rings. The summed E-state index contributed by atoms with van der Waals surface area (Å²) in [6.07, 6.45) is 3.06. The molecule has 1 aromatic carbocycles. The topological polar surface area (TPSA) is 26.3 Å². The number of carbonyl (C=O) groups is 1. The highest BCUT2D eigenvalue weighted by molar-refractivity contribution is 5.86. The summed E-state index contributed by atoms with van der Waals surface area (Å²) in [5.41, 5.74) is 0.830. The number of carbonyl (C=O) groups excluding carboxylic acids is 1. The summed E-state index contributed by atoms with van der Waals surface area (Å²) in [6, 6.07) is 10.0. The van der Waals surface area contributed by atoms with Crippen LogP contribution in [-0.2, 0) is 14.9 Å². The van der Waals surface area contributed by atoms with Crippen molar-refractivity contribution in [3.63, 3.8) is 0 Å². The second-order valence-electron chi connectivity index (χ2n) is 4.22. The van der Waals surface area contributed by atoms with E-state index in [9.17, 15) is 4.79 Å². The molecular weight excluding hydrogens is 176 g/mol. The van der Waals surface area contributed by atoms with Crippen molar-refractivity contribution in [1.82, 2.24) is 0 Å². The molecule has 2 aliphatic rings. The summed E-state index contributed by atoms with van der Waals surface area (Å²) in [5.74, 6) is -0.0139. The van der Waals surface area contributed by atoms with E-state index >= 15 is 0 Å². The number of hydrogen-bond acceptors (Lipinski definition) is 2. The van der Waals surface area contributed by atoms with Gasteiger partial charge in [-0.05, 0) is 18.4 Å². The molecule has 72 valence electrons. The summed E-state index contributed by atoms with van der Waals surface area (Å²) in [6.45, 7) is 0. The number of benzene rings is 1. The van der Waals surface area contributed by atoms with Crippen LogP contribution in [0.1, 0.15) is 24.8 Å².